The van der Waals surface area contributed by atoms with Crippen LogP contribution in [0.2, 0.25) is 0 Å². The molecule has 0 N–H and O–H groups in total. The number of methoxy groups -OCH3 is 2. The zero-order valence-electron chi connectivity index (χ0n) is 32.3. The summed E-state index contributed by atoms with van der Waals surface area (Å²) in [5, 5.41) is 0. The van der Waals surface area contributed by atoms with Crippen LogP contribution in [0.1, 0.15) is 34.1 Å². The van der Waals surface area contributed by atoms with Gasteiger partial charge < -0.3 is 38.7 Å². The summed E-state index contributed by atoms with van der Waals surface area (Å²) in [6.07, 6.45) is 6.19. The molecule has 3 aromatic heterocycles. The number of ether oxygens (including phenoxy) is 3. The van der Waals surface area contributed by atoms with E-state index in [0.29, 0.717) is 76.6 Å². The quantitative estimate of drug-likeness (QED) is 0.172. The molecule has 8 rings (SSSR count). The smallest absolute Gasteiger partial charge is 0.272 e. The Morgan fingerprint density at radius 1 is 0.786 bits per heavy atom. The van der Waals surface area contributed by atoms with Gasteiger partial charge in [0.15, 0.2) is 0 Å². The molecule has 0 atom stereocenters. The summed E-state index contributed by atoms with van der Waals surface area (Å²) in [6.45, 7) is 10.8. The number of nitrogens with zero attached hydrogens (tertiary/aromatic N) is 10. The number of rotatable bonds is 12. The molecule has 0 radical (unpaired) electrons. The molecule has 6 heterocycles. The average molecular weight is 757 g/mol. The van der Waals surface area contributed by atoms with Gasteiger partial charge in [-0.05, 0) is 60.5 Å². The summed E-state index contributed by atoms with van der Waals surface area (Å²) in [5.41, 5.74) is 6.18. The minimum Gasteiger partial charge on any atom is -0.497 e. The average Bonchev–Trinajstić information content (AvgIpc) is 3.71. The molecular formula is C42H48N10O4. The van der Waals surface area contributed by atoms with Crippen molar-refractivity contribution in [3.8, 4) is 22.8 Å². The Morgan fingerprint density at radius 3 is 2.04 bits per heavy atom. The number of amides is 1. The number of carbonyl (C=O) groups is 1. The predicted octanol–water partition coefficient (Wildman–Crippen LogP) is 4.86. The molecule has 0 saturated carbocycles. The first-order valence-electron chi connectivity index (χ1n) is 19.3. The van der Waals surface area contributed by atoms with Crippen LogP contribution in [0.4, 0.5) is 23.4 Å². The second kappa shape index (κ2) is 16.9. The van der Waals surface area contributed by atoms with Crippen LogP contribution in [0.5, 0.6) is 11.5 Å². The Hall–Kier alpha value is -5.86. The van der Waals surface area contributed by atoms with Gasteiger partial charge in [0.25, 0.3) is 5.91 Å². The maximum Gasteiger partial charge on any atom is 0.272 e. The van der Waals surface area contributed by atoms with Gasteiger partial charge in [0.2, 0.25) is 11.9 Å². The SMILES string of the molecule is CCN1CCN(C(=O)c2cc(N3CCc4c(-c5cnc(N(Cc6ccc(OC)cc6)Cc6ccc(OC)cc6)nc5)nc(N5CCOCC5)nc43)ccn2)CC1. The summed E-state index contributed by atoms with van der Waals surface area (Å²) in [4.78, 5) is 49.1. The van der Waals surface area contributed by atoms with E-state index in [1.54, 1.807) is 20.4 Å². The fourth-order valence-corrected chi connectivity index (χ4v) is 7.48. The van der Waals surface area contributed by atoms with Crippen LogP contribution >= 0.6 is 0 Å². The third kappa shape index (κ3) is 8.07. The van der Waals surface area contributed by atoms with E-state index in [0.717, 1.165) is 77.0 Å². The number of hydrogen-bond acceptors (Lipinski definition) is 13. The molecule has 14 nitrogen and oxygen atoms in total. The number of anilines is 4. The van der Waals surface area contributed by atoms with Crippen molar-refractivity contribution in [2.24, 2.45) is 0 Å². The molecule has 2 fully saturated rings. The lowest BCUT2D eigenvalue weighted by molar-refractivity contribution is 0.0637. The molecular weight excluding hydrogens is 709 g/mol. The molecule has 3 aliphatic rings. The zero-order valence-corrected chi connectivity index (χ0v) is 32.3. The summed E-state index contributed by atoms with van der Waals surface area (Å²) >= 11 is 0. The minimum atomic E-state index is -0.0373. The van der Waals surface area contributed by atoms with Gasteiger partial charge in [-0.15, -0.1) is 0 Å². The maximum atomic E-state index is 13.6. The van der Waals surface area contributed by atoms with E-state index in [1.165, 1.54) is 0 Å². The van der Waals surface area contributed by atoms with E-state index >= 15 is 0 Å². The first-order chi connectivity index (χ1) is 27.5. The fraction of sp³-hybridized carbons (Fsp3) is 0.381. The van der Waals surface area contributed by atoms with E-state index < -0.39 is 0 Å². The lowest BCUT2D eigenvalue weighted by Gasteiger charge is -2.34. The van der Waals surface area contributed by atoms with Crippen molar-refractivity contribution in [2.45, 2.75) is 26.4 Å². The Labute approximate surface area is 327 Å². The number of fused-ring (bicyclic) bond motifs is 1. The van der Waals surface area contributed by atoms with E-state index in [-0.39, 0.29) is 5.91 Å². The summed E-state index contributed by atoms with van der Waals surface area (Å²) < 4.78 is 16.5. The summed E-state index contributed by atoms with van der Waals surface area (Å²) in [7, 11) is 3.34. The molecule has 0 spiro atoms. The second-order valence-corrected chi connectivity index (χ2v) is 14.1. The predicted molar refractivity (Wildman–Crippen MR) is 215 cm³/mol. The van der Waals surface area contributed by atoms with Crippen molar-refractivity contribution in [1.82, 2.24) is 34.7 Å². The van der Waals surface area contributed by atoms with Crippen LogP contribution in [-0.4, -0.2) is 120 Å². The normalized spacial score (nSPS) is 15.8. The first-order valence-corrected chi connectivity index (χ1v) is 19.3. The minimum absolute atomic E-state index is 0.0373. The molecule has 290 valence electrons. The third-order valence-electron chi connectivity index (χ3n) is 10.7. The second-order valence-electron chi connectivity index (χ2n) is 14.1. The van der Waals surface area contributed by atoms with Crippen LogP contribution in [0.25, 0.3) is 11.3 Å². The van der Waals surface area contributed by atoms with E-state index in [4.69, 9.17) is 34.1 Å². The lowest BCUT2D eigenvalue weighted by Crippen LogP contribution is -2.48. The van der Waals surface area contributed by atoms with Crippen molar-refractivity contribution < 1.29 is 19.0 Å². The molecule has 0 aliphatic carbocycles. The fourth-order valence-electron chi connectivity index (χ4n) is 7.48. The van der Waals surface area contributed by atoms with Gasteiger partial charge in [-0.2, -0.15) is 4.98 Å². The molecule has 2 saturated heterocycles. The van der Waals surface area contributed by atoms with E-state index in [2.05, 4.69) is 55.8 Å². The largest absolute Gasteiger partial charge is 0.497 e. The lowest BCUT2D eigenvalue weighted by atomic mass is 10.1. The van der Waals surface area contributed by atoms with Gasteiger partial charge in [0, 0.05) is 94.3 Å². The molecule has 5 aromatic rings. The first kappa shape index (κ1) is 37.1. The van der Waals surface area contributed by atoms with Crippen molar-refractivity contribution in [3.63, 3.8) is 0 Å². The van der Waals surface area contributed by atoms with Gasteiger partial charge >= 0.3 is 0 Å². The number of hydrogen-bond donors (Lipinski definition) is 0. The highest BCUT2D eigenvalue weighted by molar-refractivity contribution is 5.93. The molecule has 2 aromatic carbocycles. The summed E-state index contributed by atoms with van der Waals surface area (Å²) in [6, 6.07) is 20.0. The number of morpholine rings is 1. The molecule has 1 amide bonds. The number of aromatic nitrogens is 5. The van der Waals surface area contributed by atoms with Crippen molar-refractivity contribution in [3.05, 3.63) is 102 Å². The number of piperazine rings is 1. The topological polar surface area (TPSA) is 125 Å². The van der Waals surface area contributed by atoms with E-state index in [9.17, 15) is 4.79 Å². The number of carbonyl (C=O) groups excluding carboxylic acids is 1. The highest BCUT2D eigenvalue weighted by Crippen LogP contribution is 2.39. The van der Waals surface area contributed by atoms with Crippen LogP contribution in [-0.2, 0) is 24.2 Å². The van der Waals surface area contributed by atoms with Crippen molar-refractivity contribution in [2.75, 3.05) is 94.5 Å². The van der Waals surface area contributed by atoms with Crippen LogP contribution in [0, 0.1) is 0 Å². The Bertz CT molecular complexity index is 2050. The summed E-state index contributed by atoms with van der Waals surface area (Å²) in [5.74, 6) is 3.64. The van der Waals surface area contributed by atoms with Gasteiger partial charge in [0.05, 0.1) is 33.1 Å². The Kier molecular flexibility index (Phi) is 11.2. The highest BCUT2D eigenvalue weighted by Gasteiger charge is 2.31. The molecule has 0 unspecified atom stereocenters. The number of pyridine rings is 1. The van der Waals surface area contributed by atoms with Gasteiger partial charge in [0.1, 0.15) is 23.0 Å². The maximum absolute atomic E-state index is 13.6. The molecule has 0 bridgehead atoms. The highest BCUT2D eigenvalue weighted by atomic mass is 16.5. The zero-order chi connectivity index (χ0) is 38.4. The number of benzene rings is 2. The van der Waals surface area contributed by atoms with Gasteiger partial charge in [-0.25, -0.2) is 15.0 Å². The van der Waals surface area contributed by atoms with E-state index in [1.807, 2.05) is 53.7 Å². The van der Waals surface area contributed by atoms with Gasteiger partial charge in [-0.3, -0.25) is 9.78 Å². The molecule has 56 heavy (non-hydrogen) atoms. The Balaban J connectivity index is 1.10. The van der Waals surface area contributed by atoms with Crippen LogP contribution in [0.15, 0.2) is 79.3 Å². The third-order valence-corrected chi connectivity index (χ3v) is 10.7. The Morgan fingerprint density at radius 2 is 1.43 bits per heavy atom. The molecule has 14 heteroatoms. The molecule has 3 aliphatic heterocycles. The van der Waals surface area contributed by atoms with Crippen molar-refractivity contribution in [1.29, 1.82) is 0 Å². The van der Waals surface area contributed by atoms with Gasteiger partial charge in [-0.1, -0.05) is 31.2 Å². The van der Waals surface area contributed by atoms with Crippen molar-refractivity contribution >= 4 is 29.3 Å². The standard InChI is InChI=1S/C42H48N10O4/c1-4-48-17-19-49(20-18-48)40(53)37-25-33(13-15-43-37)52-16-14-36-38(46-42(47-39(36)52)50-21-23-56-24-22-50)32-26-44-41(45-27-32)51(28-30-5-9-34(54-2)10-6-30)29-31-7-11-35(55-3)12-8-31/h5-13,15,25-27H,4,14,16-24,28-29H2,1-3H3. The number of likely N-dealkylation sites (N-methyl/N-ethyl adjacent to an activating group) is 1. The van der Waals surface area contributed by atoms with Crippen LogP contribution < -0.4 is 24.2 Å². The monoisotopic (exact) mass is 756 g/mol. The van der Waals surface area contributed by atoms with Crippen LogP contribution in [0.3, 0.4) is 0 Å².